The molecule has 10 nitrogen and oxygen atoms in total. The fourth-order valence-corrected chi connectivity index (χ4v) is 5.15. The van der Waals surface area contributed by atoms with E-state index in [1.165, 1.54) is 7.11 Å². The lowest BCUT2D eigenvalue weighted by atomic mass is 10.1. The third-order valence-electron chi connectivity index (χ3n) is 7.24. The molecule has 2 aromatic heterocycles. The maximum Gasteiger partial charge on any atom is 0.356 e. The molecule has 3 aromatic rings. The summed E-state index contributed by atoms with van der Waals surface area (Å²) >= 11 is 0. The number of aromatic nitrogens is 3. The molecule has 0 amide bonds. The first-order valence-electron chi connectivity index (χ1n) is 12.5. The third kappa shape index (κ3) is 4.24. The van der Waals surface area contributed by atoms with Crippen molar-refractivity contribution in [3.05, 3.63) is 41.9 Å². The van der Waals surface area contributed by atoms with Crippen molar-refractivity contribution in [3.63, 3.8) is 0 Å². The van der Waals surface area contributed by atoms with Crippen LogP contribution in [0, 0.1) is 0 Å². The van der Waals surface area contributed by atoms with Crippen molar-refractivity contribution in [3.8, 4) is 11.5 Å². The van der Waals surface area contributed by atoms with Crippen LogP contribution in [0.15, 0.2) is 30.3 Å². The monoisotopic (exact) mass is 493 g/mol. The van der Waals surface area contributed by atoms with Gasteiger partial charge in [-0.15, -0.1) is 0 Å². The van der Waals surface area contributed by atoms with Crippen molar-refractivity contribution >= 4 is 22.8 Å². The van der Waals surface area contributed by atoms with Gasteiger partial charge in [-0.05, 0) is 37.6 Å². The first-order chi connectivity index (χ1) is 17.6. The Labute approximate surface area is 209 Å². The lowest BCUT2D eigenvalue weighted by Gasteiger charge is -2.41. The maximum absolute atomic E-state index is 12.1. The van der Waals surface area contributed by atoms with Crippen molar-refractivity contribution < 1.29 is 23.7 Å². The summed E-state index contributed by atoms with van der Waals surface area (Å²) in [5.41, 5.74) is 2.85. The molecule has 190 valence electrons. The summed E-state index contributed by atoms with van der Waals surface area (Å²) in [5, 5.41) is 0. The molecule has 0 bridgehead atoms. The van der Waals surface area contributed by atoms with E-state index in [0.717, 1.165) is 61.2 Å². The summed E-state index contributed by atoms with van der Waals surface area (Å²) in [6, 6.07) is 9.92. The third-order valence-corrected chi connectivity index (χ3v) is 7.24. The predicted octanol–water partition coefficient (Wildman–Crippen LogP) is 2.49. The zero-order valence-corrected chi connectivity index (χ0v) is 20.7. The summed E-state index contributed by atoms with van der Waals surface area (Å²) in [6.07, 6.45) is 1.16. The minimum Gasteiger partial charge on any atom is -0.486 e. The van der Waals surface area contributed by atoms with Gasteiger partial charge in [-0.25, -0.2) is 14.8 Å². The average Bonchev–Trinajstić information content (AvgIpc) is 3.22. The zero-order valence-electron chi connectivity index (χ0n) is 20.7. The first kappa shape index (κ1) is 23.1. The molecule has 5 heterocycles. The Balaban J connectivity index is 1.23. The number of hydrogen-bond donors (Lipinski definition) is 0. The van der Waals surface area contributed by atoms with E-state index in [1.807, 2.05) is 18.2 Å². The van der Waals surface area contributed by atoms with E-state index in [0.29, 0.717) is 38.0 Å². The highest BCUT2D eigenvalue weighted by Crippen LogP contribution is 2.40. The maximum atomic E-state index is 12.1. The number of ether oxygens (including phenoxy) is 4. The number of nitrogens with zero attached hydrogens (tertiary/aromatic N) is 5. The summed E-state index contributed by atoms with van der Waals surface area (Å²) in [7, 11) is 1.37. The molecule has 0 spiro atoms. The van der Waals surface area contributed by atoms with Gasteiger partial charge in [-0.2, -0.15) is 0 Å². The Morgan fingerprint density at radius 1 is 1.11 bits per heavy atom. The number of fused-ring (bicyclic) bond motifs is 2. The largest absolute Gasteiger partial charge is 0.486 e. The SMILES string of the molecule is COC(=O)c1ccc2nc(CN3CCN(c4cccc5c4OCCO5)CC3C)n(CC3CCO3)c2n1. The Hall–Kier alpha value is -3.37. The van der Waals surface area contributed by atoms with E-state index in [2.05, 4.69) is 32.3 Å². The van der Waals surface area contributed by atoms with Crippen LogP contribution in [0.25, 0.3) is 11.2 Å². The summed E-state index contributed by atoms with van der Waals surface area (Å²) < 4.78 is 24.4. The molecule has 0 aliphatic carbocycles. The molecular weight excluding hydrogens is 462 g/mol. The van der Waals surface area contributed by atoms with Crippen LogP contribution >= 0.6 is 0 Å². The van der Waals surface area contributed by atoms with Crippen LogP contribution in [0.5, 0.6) is 11.5 Å². The minimum absolute atomic E-state index is 0.144. The zero-order chi connectivity index (χ0) is 24.6. The van der Waals surface area contributed by atoms with Crippen molar-refractivity contribution in [1.29, 1.82) is 0 Å². The molecule has 2 unspecified atom stereocenters. The number of benzene rings is 1. The number of imidazole rings is 1. The van der Waals surface area contributed by atoms with E-state index in [-0.39, 0.29) is 11.8 Å². The van der Waals surface area contributed by atoms with Crippen LogP contribution in [0.4, 0.5) is 5.69 Å². The highest BCUT2D eigenvalue weighted by Gasteiger charge is 2.30. The smallest absolute Gasteiger partial charge is 0.356 e. The molecule has 3 aliphatic heterocycles. The van der Waals surface area contributed by atoms with Crippen LogP contribution in [0.3, 0.4) is 0 Å². The van der Waals surface area contributed by atoms with Gasteiger partial charge in [0, 0.05) is 32.3 Å². The Bertz CT molecular complexity index is 1270. The minimum atomic E-state index is -0.451. The van der Waals surface area contributed by atoms with Gasteiger partial charge in [0.25, 0.3) is 0 Å². The van der Waals surface area contributed by atoms with Crippen molar-refractivity contribution in [2.45, 2.75) is 38.6 Å². The number of hydrogen-bond acceptors (Lipinski definition) is 9. The summed E-state index contributed by atoms with van der Waals surface area (Å²) in [6.45, 7) is 8.19. The van der Waals surface area contributed by atoms with Gasteiger partial charge in [0.1, 0.15) is 24.6 Å². The molecule has 2 saturated heterocycles. The van der Waals surface area contributed by atoms with Gasteiger partial charge in [0.05, 0.1) is 32.0 Å². The van der Waals surface area contributed by atoms with Crippen LogP contribution in [0.1, 0.15) is 29.7 Å². The van der Waals surface area contributed by atoms with Crippen LogP contribution in [-0.2, 0) is 22.6 Å². The number of rotatable bonds is 6. The standard InChI is InChI=1S/C26H31N5O5/c1-17-14-30(21-4-3-5-22-24(21)36-13-12-35-22)10-9-29(17)16-23-27-19-6-7-20(26(32)33-2)28-25(19)31(23)15-18-8-11-34-18/h3-7,17-18H,8-16H2,1-2H3. The molecule has 1 aromatic carbocycles. The lowest BCUT2D eigenvalue weighted by Crippen LogP contribution is -2.52. The fourth-order valence-electron chi connectivity index (χ4n) is 5.15. The topological polar surface area (TPSA) is 91.2 Å². The normalized spacial score (nSPS) is 21.9. The van der Waals surface area contributed by atoms with Crippen LogP contribution in [-0.4, -0.2) is 84.1 Å². The van der Waals surface area contributed by atoms with Gasteiger partial charge in [0.15, 0.2) is 22.8 Å². The van der Waals surface area contributed by atoms with E-state index in [1.54, 1.807) is 6.07 Å². The van der Waals surface area contributed by atoms with E-state index < -0.39 is 5.97 Å². The molecule has 2 atom stereocenters. The Kier molecular flexibility index (Phi) is 6.14. The number of anilines is 1. The van der Waals surface area contributed by atoms with Gasteiger partial charge in [-0.1, -0.05) is 6.07 Å². The second-order valence-electron chi connectivity index (χ2n) is 9.52. The van der Waals surface area contributed by atoms with E-state index in [4.69, 9.17) is 23.9 Å². The van der Waals surface area contributed by atoms with Crippen molar-refractivity contribution in [1.82, 2.24) is 19.4 Å². The summed E-state index contributed by atoms with van der Waals surface area (Å²) in [4.78, 5) is 26.4. The van der Waals surface area contributed by atoms with Gasteiger partial charge in [0.2, 0.25) is 0 Å². The highest BCUT2D eigenvalue weighted by molar-refractivity contribution is 5.89. The van der Waals surface area contributed by atoms with Gasteiger partial charge in [-0.3, -0.25) is 4.90 Å². The first-order valence-corrected chi connectivity index (χ1v) is 12.5. The second-order valence-corrected chi connectivity index (χ2v) is 9.52. The van der Waals surface area contributed by atoms with Gasteiger partial charge < -0.3 is 28.4 Å². The second kappa shape index (κ2) is 9.59. The molecule has 0 N–H and O–H groups in total. The number of piperazine rings is 1. The van der Waals surface area contributed by atoms with Crippen molar-refractivity contribution in [2.24, 2.45) is 0 Å². The van der Waals surface area contributed by atoms with E-state index in [9.17, 15) is 4.79 Å². The molecule has 6 rings (SSSR count). The molecule has 3 aliphatic rings. The molecule has 0 radical (unpaired) electrons. The molecule has 36 heavy (non-hydrogen) atoms. The summed E-state index contributed by atoms with van der Waals surface area (Å²) in [5.74, 6) is 2.15. The Morgan fingerprint density at radius 2 is 1.97 bits per heavy atom. The van der Waals surface area contributed by atoms with E-state index >= 15 is 0 Å². The average molecular weight is 494 g/mol. The molecule has 2 fully saturated rings. The highest BCUT2D eigenvalue weighted by atomic mass is 16.6. The molecule has 10 heteroatoms. The number of methoxy groups -OCH3 is 1. The van der Waals surface area contributed by atoms with Gasteiger partial charge >= 0.3 is 5.97 Å². The lowest BCUT2D eigenvalue weighted by molar-refractivity contribution is -0.0593. The quantitative estimate of drug-likeness (QED) is 0.480. The number of carbonyl (C=O) groups excluding carboxylic acids is 1. The fraction of sp³-hybridized carbons (Fsp3) is 0.500. The van der Waals surface area contributed by atoms with Crippen LogP contribution < -0.4 is 14.4 Å². The predicted molar refractivity (Wildman–Crippen MR) is 133 cm³/mol. The molecule has 0 saturated carbocycles. The van der Waals surface area contributed by atoms with Crippen molar-refractivity contribution in [2.75, 3.05) is 51.5 Å². The Morgan fingerprint density at radius 3 is 2.75 bits per heavy atom. The van der Waals surface area contributed by atoms with Crippen LogP contribution in [0.2, 0.25) is 0 Å². The number of pyridine rings is 1. The number of para-hydroxylation sites is 1. The number of esters is 1. The molecular formula is C26H31N5O5. The number of carbonyl (C=O) groups is 1.